The van der Waals surface area contributed by atoms with Gasteiger partial charge in [-0.05, 0) is 47.7 Å². The summed E-state index contributed by atoms with van der Waals surface area (Å²) in [6.45, 7) is -0.0174. The van der Waals surface area contributed by atoms with Crippen LogP contribution in [0.25, 0.3) is 10.8 Å². The number of phenolic OH excluding ortho intramolecular Hbond substituents is 1. The summed E-state index contributed by atoms with van der Waals surface area (Å²) in [5.74, 6) is -1.02. The van der Waals surface area contributed by atoms with Gasteiger partial charge in [-0.3, -0.25) is 4.98 Å². The van der Waals surface area contributed by atoms with Gasteiger partial charge in [-0.15, -0.1) is 10.2 Å². The van der Waals surface area contributed by atoms with E-state index in [4.69, 9.17) is 0 Å². The van der Waals surface area contributed by atoms with Crippen LogP contribution in [0.15, 0.2) is 72.4 Å². The molecule has 18 nitrogen and oxygen atoms in total. The maximum absolute atomic E-state index is 12.1. The van der Waals surface area contributed by atoms with E-state index in [1.165, 1.54) is 43.3 Å². The normalized spacial score (nSPS) is 11.8. The second-order valence-electron chi connectivity index (χ2n) is 9.74. The Morgan fingerprint density at radius 1 is 0.940 bits per heavy atom. The molecule has 0 saturated carbocycles. The molecule has 0 aliphatic rings. The smallest absolute Gasteiger partial charge is 0.748 e. The van der Waals surface area contributed by atoms with Crippen LogP contribution in [0.4, 0.5) is 23.0 Å². The molecule has 1 aromatic heterocycles. The second kappa shape index (κ2) is 19.2. The fraction of sp³-hybridized carbons (Fsp3) is 0.240. The minimum atomic E-state index is -5.07. The Bertz CT molecular complexity index is 2280. The standard InChI is InChI=1S/C25H27N7O11S4.3Na/c1-26-17-6-5-15-11-16(46(38,39)40)12-19(33)21(15)22(17)31-30-18-10-14(4-7-20(18)47(41,42)43)13-32(2)23-27-24(34)29-25(28-23)44-8-3-9-45(35,36)37;;;/h4-7,10-12,26,33H,3,8-9,13H2,1-2H3,(H,35,36,37)(H,38,39,40)(H,41,42,43)(H,27,28,29,34);;;/q;3*+1/p-3. The number of hydrogen-bond donors (Lipinski definition) is 3. The van der Waals surface area contributed by atoms with Crippen molar-refractivity contribution >= 4 is 75.9 Å². The largest absolute Gasteiger partial charge is 1.00 e. The minimum Gasteiger partial charge on any atom is -0.748 e. The van der Waals surface area contributed by atoms with Crippen molar-refractivity contribution < 1.29 is 133 Å². The molecule has 3 aromatic carbocycles. The molecule has 0 aliphatic heterocycles. The molecule has 4 rings (SSSR count). The van der Waals surface area contributed by atoms with Crippen molar-refractivity contribution in [2.75, 3.05) is 35.8 Å². The monoisotopic (exact) mass is 795 g/mol. The van der Waals surface area contributed by atoms with Gasteiger partial charge in [0.05, 0.1) is 31.0 Å². The number of anilines is 2. The Morgan fingerprint density at radius 2 is 1.62 bits per heavy atom. The van der Waals surface area contributed by atoms with Gasteiger partial charge in [0.2, 0.25) is 5.95 Å². The topological polar surface area (TPSA) is 290 Å². The van der Waals surface area contributed by atoms with Gasteiger partial charge in [-0.1, -0.05) is 23.9 Å². The Labute approximate surface area is 357 Å². The van der Waals surface area contributed by atoms with Crippen LogP contribution in [0.1, 0.15) is 12.0 Å². The number of phenols is 1. The minimum absolute atomic E-state index is 0. The maximum atomic E-state index is 12.1. The van der Waals surface area contributed by atoms with Crippen molar-refractivity contribution in [3.63, 3.8) is 0 Å². The van der Waals surface area contributed by atoms with Gasteiger partial charge in [0.25, 0.3) is 0 Å². The zero-order valence-corrected chi connectivity index (χ0v) is 36.5. The van der Waals surface area contributed by atoms with Crippen LogP contribution in [-0.4, -0.2) is 84.6 Å². The van der Waals surface area contributed by atoms with Crippen LogP contribution < -0.4 is 105 Å². The molecule has 1 heterocycles. The number of azo groups is 1. The number of H-pyrrole nitrogens is 1. The third-order valence-corrected chi connectivity index (χ3v) is 9.74. The third kappa shape index (κ3) is 12.7. The average molecular weight is 796 g/mol. The number of aromatic nitrogens is 3. The summed E-state index contributed by atoms with van der Waals surface area (Å²) >= 11 is 0.962. The van der Waals surface area contributed by atoms with E-state index in [-0.39, 0.29) is 146 Å². The van der Waals surface area contributed by atoms with Crippen molar-refractivity contribution in [3.8, 4) is 5.75 Å². The number of thioether (sulfide) groups is 1. The summed E-state index contributed by atoms with van der Waals surface area (Å²) in [6, 6.07) is 8.22. The molecule has 0 spiro atoms. The van der Waals surface area contributed by atoms with Gasteiger partial charge >= 0.3 is 94.4 Å². The summed E-state index contributed by atoms with van der Waals surface area (Å²) in [4.78, 5) is 22.5. The van der Waals surface area contributed by atoms with E-state index in [1.54, 1.807) is 0 Å². The number of nitrogens with one attached hydrogen (secondary N) is 2. The van der Waals surface area contributed by atoms with Gasteiger partial charge in [-0.2, -0.15) is 9.97 Å². The molecule has 252 valence electrons. The van der Waals surface area contributed by atoms with E-state index in [0.717, 1.165) is 30.0 Å². The van der Waals surface area contributed by atoms with Crippen molar-refractivity contribution in [2.24, 2.45) is 10.2 Å². The average Bonchev–Trinajstić information content (AvgIpc) is 2.96. The number of fused-ring (bicyclic) bond motifs is 1. The molecule has 4 aromatic rings. The van der Waals surface area contributed by atoms with Crippen LogP contribution in [0, 0.1) is 0 Å². The molecular formula is C25H24N7Na3O11S4. The molecule has 0 bridgehead atoms. The van der Waals surface area contributed by atoms with Gasteiger partial charge < -0.3 is 29.0 Å². The predicted octanol–water partition coefficient (Wildman–Crippen LogP) is -7.04. The van der Waals surface area contributed by atoms with Crippen LogP contribution in [0.3, 0.4) is 0 Å². The number of benzene rings is 3. The van der Waals surface area contributed by atoms with E-state index >= 15 is 0 Å². The Hall–Kier alpha value is -1.19. The maximum Gasteiger partial charge on any atom is 1.00 e. The first-order valence-corrected chi connectivity index (χ1v) is 18.4. The van der Waals surface area contributed by atoms with Crippen molar-refractivity contribution in [1.82, 2.24) is 15.0 Å². The van der Waals surface area contributed by atoms with E-state index in [2.05, 4.69) is 30.5 Å². The summed E-state index contributed by atoms with van der Waals surface area (Å²) in [6.07, 6.45) is 0.0153. The molecule has 0 radical (unpaired) electrons. The molecule has 0 atom stereocenters. The van der Waals surface area contributed by atoms with E-state index in [9.17, 15) is 48.8 Å². The molecule has 0 amide bonds. The molecular weight excluding hydrogens is 772 g/mol. The molecule has 3 N–H and O–H groups in total. The first-order chi connectivity index (χ1) is 21.9. The molecule has 0 fully saturated rings. The molecule has 0 aliphatic carbocycles. The summed E-state index contributed by atoms with van der Waals surface area (Å²) < 4.78 is 103. The van der Waals surface area contributed by atoms with Crippen molar-refractivity contribution in [2.45, 2.75) is 27.9 Å². The zero-order valence-electron chi connectivity index (χ0n) is 27.3. The third-order valence-electron chi connectivity index (χ3n) is 6.32. The zero-order chi connectivity index (χ0) is 34.7. The Morgan fingerprint density at radius 3 is 2.22 bits per heavy atom. The number of aromatic amines is 1. The number of aromatic hydroxyl groups is 1. The molecule has 0 saturated heterocycles. The van der Waals surface area contributed by atoms with Crippen molar-refractivity contribution in [3.05, 3.63) is 58.5 Å². The van der Waals surface area contributed by atoms with Gasteiger partial charge in [0, 0.05) is 32.1 Å². The van der Waals surface area contributed by atoms with Crippen LogP contribution >= 0.6 is 11.8 Å². The van der Waals surface area contributed by atoms with E-state index in [1.807, 2.05) is 0 Å². The summed E-state index contributed by atoms with van der Waals surface area (Å²) in [7, 11) is -11.3. The quantitative estimate of drug-likeness (QED) is 0.0373. The molecule has 50 heavy (non-hydrogen) atoms. The van der Waals surface area contributed by atoms with E-state index < -0.39 is 57.3 Å². The molecule has 0 unspecified atom stereocenters. The first kappa shape index (κ1) is 46.8. The fourth-order valence-corrected chi connectivity index (χ4v) is 6.82. The fourth-order valence-electron chi connectivity index (χ4n) is 4.25. The Kier molecular flexibility index (Phi) is 18.0. The number of rotatable bonds is 13. The van der Waals surface area contributed by atoms with Crippen LogP contribution in [0.2, 0.25) is 0 Å². The van der Waals surface area contributed by atoms with Crippen molar-refractivity contribution in [1.29, 1.82) is 0 Å². The number of hydrogen-bond acceptors (Lipinski definition) is 18. The first-order valence-electron chi connectivity index (χ1n) is 13.1. The van der Waals surface area contributed by atoms with Crippen LogP contribution in [-0.2, 0) is 36.9 Å². The Balaban J connectivity index is 0.00000417. The van der Waals surface area contributed by atoms with Gasteiger partial charge in [-0.25, -0.2) is 30.0 Å². The molecule has 25 heteroatoms. The van der Waals surface area contributed by atoms with E-state index in [0.29, 0.717) is 5.56 Å². The SMILES string of the molecule is CNc1ccc2cc(S(=O)(=O)[O-])cc(O)c2c1N=Nc1cc(CN(C)c2nc(SCCCS(=O)(=O)[O-])nc(=O)[nH]2)ccc1S(=O)(=O)[O-].[Na+].[Na+].[Na+]. The summed E-state index contributed by atoms with van der Waals surface area (Å²) in [5.41, 5.74) is -0.563. The van der Waals surface area contributed by atoms with Gasteiger partial charge in [0.1, 0.15) is 37.4 Å². The van der Waals surface area contributed by atoms with Crippen LogP contribution in [0.5, 0.6) is 5.75 Å². The predicted molar refractivity (Wildman–Crippen MR) is 166 cm³/mol. The summed E-state index contributed by atoms with van der Waals surface area (Å²) in [5, 5.41) is 21.6. The number of nitrogens with zero attached hydrogens (tertiary/aromatic N) is 5. The second-order valence-corrected chi connectivity index (χ2v) is 15.1. The van der Waals surface area contributed by atoms with Gasteiger partial charge in [0.15, 0.2) is 5.16 Å².